The van der Waals surface area contributed by atoms with Crippen LogP contribution in [0, 0.1) is 37.7 Å². The fraction of sp³-hybridized carbons (Fsp3) is 0.929. The maximum absolute atomic E-state index is 9.54. The van der Waals surface area contributed by atoms with Gasteiger partial charge in [0.2, 0.25) is 0 Å². The van der Waals surface area contributed by atoms with Gasteiger partial charge >= 0.3 is 0 Å². The first kappa shape index (κ1) is 20.9. The molecular formula is C14H27O5U-. The average molecular weight is 513 g/mol. The van der Waals surface area contributed by atoms with Gasteiger partial charge in [-0.15, -0.1) is 0 Å². The number of rotatable bonds is 11. The van der Waals surface area contributed by atoms with E-state index in [4.69, 9.17) is 19.3 Å². The Kier molecular flexibility index (Phi) is 14.1. The minimum absolute atomic E-state index is 0. The van der Waals surface area contributed by atoms with Crippen LogP contribution >= 0.6 is 0 Å². The summed E-state index contributed by atoms with van der Waals surface area (Å²) in [6.07, 6.45) is 5.52. The predicted molar refractivity (Wildman–Crippen MR) is 71.3 cm³/mol. The van der Waals surface area contributed by atoms with E-state index >= 15 is 0 Å². The minimum Gasteiger partial charge on any atom is -0.544 e. The summed E-state index contributed by atoms with van der Waals surface area (Å²) < 4.78 is 15.8. The van der Waals surface area contributed by atoms with Gasteiger partial charge < -0.3 is 24.4 Å². The Morgan fingerprint density at radius 1 is 1.15 bits per heavy atom. The van der Waals surface area contributed by atoms with E-state index in [9.17, 15) is 5.11 Å². The molecule has 0 aromatic heterocycles. The van der Waals surface area contributed by atoms with Gasteiger partial charge in [-0.3, -0.25) is 0 Å². The normalized spacial score (nSPS) is 25.6. The third-order valence-corrected chi connectivity index (χ3v) is 3.26. The van der Waals surface area contributed by atoms with Crippen LogP contribution in [0.4, 0.5) is 0 Å². The molecule has 5 nitrogen and oxygen atoms in total. The average Bonchev–Trinajstić information content (AvgIpc) is 2.77. The van der Waals surface area contributed by atoms with E-state index in [1.54, 1.807) is 0 Å². The summed E-state index contributed by atoms with van der Waals surface area (Å²) in [6, 6.07) is 0. The summed E-state index contributed by atoms with van der Waals surface area (Å²) in [6.45, 7) is 4.13. The van der Waals surface area contributed by atoms with Gasteiger partial charge in [-0.05, 0) is 12.5 Å². The molecular weight excluding hydrogens is 486 g/mol. The van der Waals surface area contributed by atoms with E-state index in [-0.39, 0.29) is 44.5 Å². The van der Waals surface area contributed by atoms with Gasteiger partial charge in [0.05, 0.1) is 18.8 Å². The molecule has 1 saturated heterocycles. The molecule has 2 N–H and O–H groups in total. The van der Waals surface area contributed by atoms with Crippen molar-refractivity contribution in [2.75, 3.05) is 20.0 Å². The maximum atomic E-state index is 9.54. The first-order chi connectivity index (χ1) is 9.29. The Balaban J connectivity index is 0.00000361. The molecule has 118 valence electrons. The predicted octanol–water partition coefficient (Wildman–Crippen LogP) is 1.62. The monoisotopic (exact) mass is 513 g/mol. The fourth-order valence-electron chi connectivity index (χ4n) is 2.08. The van der Waals surface area contributed by atoms with E-state index in [0.29, 0.717) is 6.61 Å². The van der Waals surface area contributed by atoms with E-state index < -0.39 is 18.3 Å². The first-order valence-electron chi connectivity index (χ1n) is 7.26. The van der Waals surface area contributed by atoms with E-state index in [0.717, 1.165) is 6.42 Å². The SMILES string of the molecule is CCCCCCCCOCO[C@@H]1C(O)[CH-]O[C@@H]1CO.[U]. The van der Waals surface area contributed by atoms with Crippen LogP contribution in [0.5, 0.6) is 0 Å². The van der Waals surface area contributed by atoms with Gasteiger partial charge in [-0.2, -0.15) is 6.61 Å². The second-order valence-corrected chi connectivity index (χ2v) is 4.91. The summed E-state index contributed by atoms with van der Waals surface area (Å²) >= 11 is 0. The standard InChI is InChI=1S/C14H27O5.U/c1-2-3-4-5-6-7-8-17-11-19-14-12(16)10-18-13(14)9-15;/h10,12-16H,2-9,11H2,1H3;/q-1;/t12?,13-,14-;/m1./s1. The number of aliphatic hydroxyl groups excluding tert-OH is 2. The molecule has 1 aliphatic rings. The summed E-state index contributed by atoms with van der Waals surface area (Å²) in [5, 5.41) is 18.6. The van der Waals surface area contributed by atoms with Crippen LogP contribution in [0.25, 0.3) is 0 Å². The van der Waals surface area contributed by atoms with E-state index in [2.05, 4.69) is 6.92 Å². The summed E-state index contributed by atoms with van der Waals surface area (Å²) in [7, 11) is 0. The molecule has 0 aromatic rings. The van der Waals surface area contributed by atoms with E-state index in [1.165, 1.54) is 38.7 Å². The Morgan fingerprint density at radius 2 is 1.85 bits per heavy atom. The Labute approximate surface area is 145 Å². The van der Waals surface area contributed by atoms with E-state index in [1.807, 2.05) is 0 Å². The third kappa shape index (κ3) is 8.33. The summed E-state index contributed by atoms with van der Waals surface area (Å²) in [5.74, 6) is 0. The Hall–Kier alpha value is 0.852. The Morgan fingerprint density at radius 3 is 2.55 bits per heavy atom. The molecule has 0 aliphatic carbocycles. The molecule has 0 bridgehead atoms. The molecule has 1 rings (SSSR count). The van der Waals surface area contributed by atoms with Crippen molar-refractivity contribution in [1.29, 1.82) is 0 Å². The fourth-order valence-corrected chi connectivity index (χ4v) is 2.08. The van der Waals surface area contributed by atoms with Gasteiger partial charge in [-0.1, -0.05) is 39.0 Å². The van der Waals surface area contributed by atoms with Crippen molar-refractivity contribution in [2.24, 2.45) is 0 Å². The van der Waals surface area contributed by atoms with Gasteiger partial charge in [0.25, 0.3) is 0 Å². The van der Waals surface area contributed by atoms with Crippen molar-refractivity contribution < 1.29 is 55.5 Å². The number of unbranched alkanes of at least 4 members (excludes halogenated alkanes) is 5. The molecule has 0 radical (unpaired) electrons. The van der Waals surface area contributed by atoms with Crippen LogP contribution in [0.1, 0.15) is 45.4 Å². The van der Waals surface area contributed by atoms with Gasteiger partial charge in [0.15, 0.2) is 0 Å². The molecule has 6 heteroatoms. The van der Waals surface area contributed by atoms with Crippen LogP contribution in [-0.2, 0) is 14.2 Å². The molecule has 0 spiro atoms. The largest absolute Gasteiger partial charge is 0.544 e. The molecule has 0 aromatic carbocycles. The third-order valence-electron chi connectivity index (χ3n) is 3.26. The quantitative estimate of drug-likeness (QED) is 0.250. The van der Waals surface area contributed by atoms with Crippen LogP contribution in [-0.4, -0.2) is 48.5 Å². The van der Waals surface area contributed by atoms with Crippen molar-refractivity contribution in [1.82, 2.24) is 0 Å². The minimum atomic E-state index is -0.796. The number of ether oxygens (including phenoxy) is 3. The zero-order valence-corrected chi connectivity index (χ0v) is 16.5. The van der Waals surface area contributed by atoms with Crippen LogP contribution < -0.4 is 0 Å². The second-order valence-electron chi connectivity index (χ2n) is 4.91. The number of hydrogen-bond acceptors (Lipinski definition) is 5. The van der Waals surface area contributed by atoms with Crippen molar-refractivity contribution >= 4 is 0 Å². The molecule has 0 amide bonds. The molecule has 20 heavy (non-hydrogen) atoms. The first-order valence-corrected chi connectivity index (χ1v) is 7.26. The zero-order chi connectivity index (χ0) is 13.9. The molecule has 3 atom stereocenters. The number of hydrogen-bond donors (Lipinski definition) is 2. The topological polar surface area (TPSA) is 68.2 Å². The Bertz CT molecular complexity index is 218. The van der Waals surface area contributed by atoms with Gasteiger partial charge in [0.1, 0.15) is 6.79 Å². The summed E-state index contributed by atoms with van der Waals surface area (Å²) in [5.41, 5.74) is 0. The van der Waals surface area contributed by atoms with Crippen molar-refractivity contribution in [2.45, 2.75) is 63.8 Å². The smallest absolute Gasteiger partial charge is 0.147 e. The van der Waals surface area contributed by atoms with Crippen LogP contribution in [0.15, 0.2) is 0 Å². The summed E-state index contributed by atoms with van der Waals surface area (Å²) in [4.78, 5) is 0. The molecule has 1 aliphatic heterocycles. The van der Waals surface area contributed by atoms with Crippen molar-refractivity contribution in [3.05, 3.63) is 6.61 Å². The van der Waals surface area contributed by atoms with Crippen LogP contribution in [0.3, 0.4) is 0 Å². The van der Waals surface area contributed by atoms with Crippen molar-refractivity contribution in [3.63, 3.8) is 0 Å². The molecule has 1 heterocycles. The van der Waals surface area contributed by atoms with Crippen LogP contribution in [0.2, 0.25) is 0 Å². The zero-order valence-electron chi connectivity index (χ0n) is 12.3. The van der Waals surface area contributed by atoms with Gasteiger partial charge in [-0.25, -0.2) is 0 Å². The number of aliphatic hydroxyl groups is 2. The van der Waals surface area contributed by atoms with Gasteiger partial charge in [0, 0.05) is 37.7 Å². The molecule has 0 saturated carbocycles. The second kappa shape index (κ2) is 13.5. The molecule has 1 unspecified atom stereocenters. The maximum Gasteiger partial charge on any atom is 0.147 e. The van der Waals surface area contributed by atoms with Crippen molar-refractivity contribution in [3.8, 4) is 0 Å². The molecule has 1 fully saturated rings.